The van der Waals surface area contributed by atoms with Crippen LogP contribution in [0.2, 0.25) is 0 Å². The van der Waals surface area contributed by atoms with Gasteiger partial charge in [0.25, 0.3) is 0 Å². The van der Waals surface area contributed by atoms with Gasteiger partial charge in [0, 0.05) is 32.2 Å². The molecular formula is C16H30N4O. The van der Waals surface area contributed by atoms with Crippen molar-refractivity contribution in [1.29, 1.82) is 0 Å². The molecule has 3 aliphatic rings. The van der Waals surface area contributed by atoms with Crippen molar-refractivity contribution in [2.45, 2.75) is 50.6 Å². The number of nitrogens with one attached hydrogen (secondary N) is 2. The Bertz CT molecular complexity index is 349. The summed E-state index contributed by atoms with van der Waals surface area (Å²) in [4.78, 5) is 17.3. The van der Waals surface area contributed by atoms with Crippen LogP contribution in [0.1, 0.15) is 38.5 Å². The second-order valence-electron chi connectivity index (χ2n) is 6.73. The van der Waals surface area contributed by atoms with Crippen molar-refractivity contribution >= 4 is 5.91 Å². The third-order valence-electron chi connectivity index (χ3n) is 5.27. The standard InChI is InChI=1S/C16H30N4O/c21-16-15-6-2-10-20(15)12-3-7-17-13-14-5-1-9-19(14)11-4-8-18-16/h14-15,17H,1-13H2,(H,18,21)/t14-,15-/m0/s1. The van der Waals surface area contributed by atoms with Gasteiger partial charge in [-0.2, -0.15) is 0 Å². The van der Waals surface area contributed by atoms with Crippen molar-refractivity contribution < 1.29 is 4.79 Å². The second kappa shape index (κ2) is 7.56. The topological polar surface area (TPSA) is 47.6 Å². The summed E-state index contributed by atoms with van der Waals surface area (Å²) >= 11 is 0. The molecule has 2 atom stereocenters. The van der Waals surface area contributed by atoms with Crippen LogP contribution in [-0.4, -0.2) is 73.6 Å². The van der Waals surface area contributed by atoms with Crippen molar-refractivity contribution in [3.05, 3.63) is 0 Å². The van der Waals surface area contributed by atoms with Gasteiger partial charge in [0.05, 0.1) is 6.04 Å². The molecule has 3 saturated heterocycles. The maximum absolute atomic E-state index is 12.3. The minimum Gasteiger partial charge on any atom is -0.355 e. The van der Waals surface area contributed by atoms with Gasteiger partial charge < -0.3 is 10.6 Å². The van der Waals surface area contributed by atoms with Gasteiger partial charge in [0.1, 0.15) is 0 Å². The minimum atomic E-state index is 0.132. The number of hydrogen-bond donors (Lipinski definition) is 2. The van der Waals surface area contributed by atoms with E-state index in [1.54, 1.807) is 0 Å². The SMILES string of the molecule is O=C1NCCCN2CCC[C@H]2CNCCCN2CCC[C@@H]12. The fourth-order valence-electron chi connectivity index (χ4n) is 4.10. The maximum atomic E-state index is 12.3. The summed E-state index contributed by atoms with van der Waals surface area (Å²) < 4.78 is 0. The third kappa shape index (κ3) is 3.96. The first-order chi connectivity index (χ1) is 10.3. The number of carbonyl (C=O) groups is 1. The Balaban J connectivity index is 1.55. The molecule has 0 aromatic heterocycles. The Morgan fingerprint density at radius 3 is 2.52 bits per heavy atom. The molecule has 0 saturated carbocycles. The molecule has 2 N–H and O–H groups in total. The predicted octanol–water partition coefficient (Wildman–Crippen LogP) is 0.415. The first-order valence-corrected chi connectivity index (χ1v) is 8.81. The molecule has 0 aliphatic carbocycles. The molecule has 21 heavy (non-hydrogen) atoms. The van der Waals surface area contributed by atoms with Gasteiger partial charge >= 0.3 is 0 Å². The maximum Gasteiger partial charge on any atom is 0.237 e. The smallest absolute Gasteiger partial charge is 0.237 e. The molecule has 5 heteroatoms. The van der Waals surface area contributed by atoms with Crippen LogP contribution in [0.3, 0.4) is 0 Å². The van der Waals surface area contributed by atoms with Crippen LogP contribution in [0.4, 0.5) is 0 Å². The molecule has 120 valence electrons. The van der Waals surface area contributed by atoms with E-state index in [9.17, 15) is 4.79 Å². The second-order valence-corrected chi connectivity index (χ2v) is 6.73. The number of rotatable bonds is 0. The molecule has 0 radical (unpaired) electrons. The summed E-state index contributed by atoms with van der Waals surface area (Å²) in [5.74, 6) is 0.260. The molecule has 0 spiro atoms. The monoisotopic (exact) mass is 294 g/mol. The number of amides is 1. The summed E-state index contributed by atoms with van der Waals surface area (Å²) in [6.07, 6.45) is 7.09. The average Bonchev–Trinajstić information content (AvgIpc) is 3.11. The number of hydrogen-bond acceptors (Lipinski definition) is 4. The fourth-order valence-corrected chi connectivity index (χ4v) is 4.10. The normalized spacial score (nSPS) is 34.0. The molecule has 0 aromatic carbocycles. The summed E-state index contributed by atoms with van der Waals surface area (Å²) in [6.45, 7) is 7.55. The van der Waals surface area contributed by atoms with Gasteiger partial charge in [-0.3, -0.25) is 14.6 Å². The Labute approximate surface area is 128 Å². The molecule has 3 fully saturated rings. The van der Waals surface area contributed by atoms with Crippen LogP contribution >= 0.6 is 0 Å². The highest BCUT2D eigenvalue weighted by Gasteiger charge is 2.30. The van der Waals surface area contributed by atoms with E-state index in [2.05, 4.69) is 20.4 Å². The Hall–Kier alpha value is -0.650. The Kier molecular flexibility index (Phi) is 5.49. The molecule has 5 nitrogen and oxygen atoms in total. The zero-order chi connectivity index (χ0) is 14.5. The Morgan fingerprint density at radius 2 is 1.57 bits per heavy atom. The van der Waals surface area contributed by atoms with E-state index >= 15 is 0 Å². The fraction of sp³-hybridized carbons (Fsp3) is 0.938. The quantitative estimate of drug-likeness (QED) is 0.680. The van der Waals surface area contributed by atoms with Gasteiger partial charge in [-0.25, -0.2) is 0 Å². The highest BCUT2D eigenvalue weighted by Crippen LogP contribution is 2.19. The van der Waals surface area contributed by atoms with Crippen LogP contribution in [0, 0.1) is 0 Å². The average molecular weight is 294 g/mol. The van der Waals surface area contributed by atoms with E-state index in [0.29, 0.717) is 6.04 Å². The van der Waals surface area contributed by atoms with Gasteiger partial charge in [0.15, 0.2) is 0 Å². The van der Waals surface area contributed by atoms with Crippen molar-refractivity contribution in [3.8, 4) is 0 Å². The molecule has 3 heterocycles. The first-order valence-electron chi connectivity index (χ1n) is 8.81. The lowest BCUT2D eigenvalue weighted by Crippen LogP contribution is -2.46. The van der Waals surface area contributed by atoms with Crippen LogP contribution in [-0.2, 0) is 4.79 Å². The molecule has 1 amide bonds. The largest absolute Gasteiger partial charge is 0.355 e. The van der Waals surface area contributed by atoms with Crippen LogP contribution in [0.25, 0.3) is 0 Å². The van der Waals surface area contributed by atoms with Gasteiger partial charge in [-0.15, -0.1) is 0 Å². The van der Waals surface area contributed by atoms with E-state index < -0.39 is 0 Å². The highest BCUT2D eigenvalue weighted by atomic mass is 16.2. The zero-order valence-electron chi connectivity index (χ0n) is 13.1. The summed E-state index contributed by atoms with van der Waals surface area (Å²) in [5.41, 5.74) is 0. The lowest BCUT2D eigenvalue weighted by molar-refractivity contribution is -0.125. The molecule has 3 rings (SSSR count). The lowest BCUT2D eigenvalue weighted by Gasteiger charge is -2.27. The van der Waals surface area contributed by atoms with Gasteiger partial charge in [-0.1, -0.05) is 0 Å². The number of carbonyl (C=O) groups excluding carboxylic acids is 1. The van der Waals surface area contributed by atoms with Crippen molar-refractivity contribution in [2.75, 3.05) is 45.8 Å². The van der Waals surface area contributed by atoms with Crippen molar-refractivity contribution in [2.24, 2.45) is 0 Å². The van der Waals surface area contributed by atoms with Crippen LogP contribution < -0.4 is 10.6 Å². The zero-order valence-corrected chi connectivity index (χ0v) is 13.1. The van der Waals surface area contributed by atoms with Gasteiger partial charge in [-0.05, 0) is 58.2 Å². The van der Waals surface area contributed by atoms with Crippen LogP contribution in [0.5, 0.6) is 0 Å². The molecular weight excluding hydrogens is 264 g/mol. The Morgan fingerprint density at radius 1 is 0.857 bits per heavy atom. The molecule has 0 bridgehead atoms. The molecule has 3 aliphatic heterocycles. The van der Waals surface area contributed by atoms with Gasteiger partial charge in [0.2, 0.25) is 5.91 Å². The van der Waals surface area contributed by atoms with Crippen LogP contribution in [0.15, 0.2) is 0 Å². The number of fused-ring (bicyclic) bond motifs is 2. The third-order valence-corrected chi connectivity index (χ3v) is 5.27. The van der Waals surface area contributed by atoms with E-state index in [-0.39, 0.29) is 11.9 Å². The van der Waals surface area contributed by atoms with E-state index in [0.717, 1.165) is 58.5 Å². The predicted molar refractivity (Wildman–Crippen MR) is 84.3 cm³/mol. The minimum absolute atomic E-state index is 0.132. The van der Waals surface area contributed by atoms with E-state index in [1.165, 1.54) is 25.8 Å². The summed E-state index contributed by atoms with van der Waals surface area (Å²) in [7, 11) is 0. The van der Waals surface area contributed by atoms with Crippen molar-refractivity contribution in [3.63, 3.8) is 0 Å². The first kappa shape index (κ1) is 15.3. The van der Waals surface area contributed by atoms with Crippen molar-refractivity contribution in [1.82, 2.24) is 20.4 Å². The van der Waals surface area contributed by atoms with E-state index in [4.69, 9.17) is 0 Å². The summed E-state index contributed by atoms with van der Waals surface area (Å²) in [6, 6.07) is 0.843. The highest BCUT2D eigenvalue weighted by molar-refractivity contribution is 5.82. The molecule has 0 aromatic rings. The summed E-state index contributed by atoms with van der Waals surface area (Å²) in [5, 5.41) is 6.80. The number of nitrogens with zero attached hydrogens (tertiary/aromatic N) is 2. The van der Waals surface area contributed by atoms with E-state index in [1.807, 2.05) is 0 Å². The lowest BCUT2D eigenvalue weighted by atomic mass is 10.2. The molecule has 0 unspecified atom stereocenters.